The first-order valence-corrected chi connectivity index (χ1v) is 8.29. The van der Waals surface area contributed by atoms with E-state index >= 15 is 0 Å². The first kappa shape index (κ1) is 15.5. The van der Waals surface area contributed by atoms with Crippen molar-refractivity contribution in [3.8, 4) is 0 Å². The molecule has 20 heavy (non-hydrogen) atoms. The smallest absolute Gasteiger partial charge is 0.272 e. The Morgan fingerprint density at radius 3 is 2.80 bits per heavy atom. The van der Waals surface area contributed by atoms with Crippen molar-refractivity contribution in [3.63, 3.8) is 0 Å². The molecular weight excluding hydrogens is 322 g/mol. The van der Waals surface area contributed by atoms with Crippen LogP contribution in [0.1, 0.15) is 35.9 Å². The van der Waals surface area contributed by atoms with Crippen LogP contribution in [0.2, 0.25) is 0 Å². The summed E-state index contributed by atoms with van der Waals surface area (Å²) >= 11 is 3.36. The summed E-state index contributed by atoms with van der Waals surface area (Å²) in [6, 6.07) is 1.87. The zero-order valence-electron chi connectivity index (χ0n) is 12.1. The fraction of sp³-hybridized carbons (Fsp3) is 0.714. The molecule has 5 nitrogen and oxygen atoms in total. The molecule has 2 heterocycles. The van der Waals surface area contributed by atoms with E-state index in [9.17, 15) is 4.79 Å². The van der Waals surface area contributed by atoms with Crippen LogP contribution in [0.4, 0.5) is 0 Å². The minimum absolute atomic E-state index is 0.0893. The first-order chi connectivity index (χ1) is 9.65. The highest BCUT2D eigenvalue weighted by Gasteiger charge is 2.26. The minimum atomic E-state index is 0.0893. The lowest BCUT2D eigenvalue weighted by atomic mass is 10.1. The number of nitrogens with zero attached hydrogens (tertiary/aromatic N) is 3. The van der Waals surface area contributed by atoms with E-state index in [1.807, 2.05) is 24.8 Å². The standard InChI is InChI=1S/C14H22BrN3O2/c1-3-18-13(10-11(2)16-18)14(19)17-7-4-12(5-8-17)20-9-6-15/h10,12H,3-9H2,1-2H3. The lowest BCUT2D eigenvalue weighted by Gasteiger charge is -2.31. The number of likely N-dealkylation sites (tertiary alicyclic amines) is 1. The first-order valence-electron chi connectivity index (χ1n) is 7.17. The van der Waals surface area contributed by atoms with Crippen LogP contribution in [0.3, 0.4) is 0 Å². The number of hydrogen-bond donors (Lipinski definition) is 0. The number of amides is 1. The van der Waals surface area contributed by atoms with Gasteiger partial charge in [-0.05, 0) is 32.8 Å². The predicted octanol–water partition coefficient (Wildman–Crippen LogP) is 2.23. The van der Waals surface area contributed by atoms with Crippen molar-refractivity contribution in [1.82, 2.24) is 14.7 Å². The monoisotopic (exact) mass is 343 g/mol. The molecule has 2 rings (SSSR count). The Balaban J connectivity index is 1.94. The molecule has 0 aromatic carbocycles. The number of carbonyl (C=O) groups is 1. The number of aromatic nitrogens is 2. The van der Waals surface area contributed by atoms with Gasteiger partial charge in [-0.15, -0.1) is 0 Å². The van der Waals surface area contributed by atoms with Crippen LogP contribution < -0.4 is 0 Å². The summed E-state index contributed by atoms with van der Waals surface area (Å²) in [5, 5.41) is 5.20. The molecule has 0 N–H and O–H groups in total. The second-order valence-electron chi connectivity index (χ2n) is 5.04. The van der Waals surface area contributed by atoms with E-state index < -0.39 is 0 Å². The topological polar surface area (TPSA) is 47.4 Å². The second-order valence-corrected chi connectivity index (χ2v) is 5.83. The Morgan fingerprint density at radius 2 is 2.20 bits per heavy atom. The summed E-state index contributed by atoms with van der Waals surface area (Å²) in [5.74, 6) is 0.0893. The fourth-order valence-corrected chi connectivity index (χ4v) is 2.74. The van der Waals surface area contributed by atoms with Gasteiger partial charge in [0, 0.05) is 25.0 Å². The number of alkyl halides is 1. The van der Waals surface area contributed by atoms with Crippen LogP contribution in [-0.4, -0.2) is 51.7 Å². The second kappa shape index (κ2) is 7.22. The van der Waals surface area contributed by atoms with Crippen LogP contribution >= 0.6 is 15.9 Å². The Kier molecular flexibility index (Phi) is 5.60. The van der Waals surface area contributed by atoms with E-state index in [2.05, 4.69) is 21.0 Å². The van der Waals surface area contributed by atoms with E-state index in [0.29, 0.717) is 5.69 Å². The van der Waals surface area contributed by atoms with E-state index in [0.717, 1.165) is 50.1 Å². The number of rotatable bonds is 5. The van der Waals surface area contributed by atoms with Gasteiger partial charge in [-0.2, -0.15) is 5.10 Å². The van der Waals surface area contributed by atoms with E-state index in [-0.39, 0.29) is 12.0 Å². The number of halogens is 1. The zero-order chi connectivity index (χ0) is 14.5. The molecule has 1 aromatic heterocycles. The molecule has 0 spiro atoms. The lowest BCUT2D eigenvalue weighted by molar-refractivity contribution is 0.0156. The van der Waals surface area contributed by atoms with Crippen molar-refractivity contribution in [3.05, 3.63) is 17.5 Å². The van der Waals surface area contributed by atoms with Gasteiger partial charge in [0.15, 0.2) is 0 Å². The third-order valence-electron chi connectivity index (χ3n) is 3.58. The van der Waals surface area contributed by atoms with Gasteiger partial charge in [0.1, 0.15) is 5.69 Å². The molecule has 0 saturated carbocycles. The Morgan fingerprint density at radius 1 is 1.50 bits per heavy atom. The molecule has 0 radical (unpaired) electrons. The number of aryl methyl sites for hydroxylation is 2. The molecule has 1 fully saturated rings. The molecule has 112 valence electrons. The third kappa shape index (κ3) is 3.61. The highest BCUT2D eigenvalue weighted by atomic mass is 79.9. The summed E-state index contributed by atoms with van der Waals surface area (Å²) < 4.78 is 7.50. The maximum atomic E-state index is 12.5. The molecule has 1 amide bonds. The number of ether oxygens (including phenoxy) is 1. The Labute approximate surface area is 128 Å². The van der Waals surface area contributed by atoms with E-state index in [4.69, 9.17) is 4.74 Å². The van der Waals surface area contributed by atoms with Gasteiger partial charge in [-0.1, -0.05) is 15.9 Å². The van der Waals surface area contributed by atoms with Gasteiger partial charge in [0.25, 0.3) is 5.91 Å². The summed E-state index contributed by atoms with van der Waals surface area (Å²) in [7, 11) is 0. The van der Waals surface area contributed by atoms with Gasteiger partial charge in [-0.25, -0.2) is 0 Å². The van der Waals surface area contributed by atoms with Gasteiger partial charge in [-0.3, -0.25) is 9.48 Å². The highest BCUT2D eigenvalue weighted by Crippen LogP contribution is 2.17. The van der Waals surface area contributed by atoms with Crippen molar-refractivity contribution < 1.29 is 9.53 Å². The highest BCUT2D eigenvalue weighted by molar-refractivity contribution is 9.09. The molecule has 0 unspecified atom stereocenters. The Hall–Kier alpha value is -0.880. The average molecular weight is 344 g/mol. The molecule has 0 bridgehead atoms. The maximum Gasteiger partial charge on any atom is 0.272 e. The average Bonchev–Trinajstić information content (AvgIpc) is 2.86. The van der Waals surface area contributed by atoms with Crippen molar-refractivity contribution in [2.75, 3.05) is 25.0 Å². The molecule has 6 heteroatoms. The van der Waals surface area contributed by atoms with Crippen LogP contribution in [0.5, 0.6) is 0 Å². The predicted molar refractivity (Wildman–Crippen MR) is 81.3 cm³/mol. The molecule has 0 aliphatic carbocycles. The van der Waals surface area contributed by atoms with Gasteiger partial charge < -0.3 is 9.64 Å². The van der Waals surface area contributed by atoms with Crippen molar-refractivity contribution >= 4 is 21.8 Å². The van der Waals surface area contributed by atoms with E-state index in [1.165, 1.54) is 0 Å². The Bertz CT molecular complexity index is 453. The lowest BCUT2D eigenvalue weighted by Crippen LogP contribution is -2.41. The quantitative estimate of drug-likeness (QED) is 0.770. The number of hydrogen-bond acceptors (Lipinski definition) is 3. The zero-order valence-corrected chi connectivity index (χ0v) is 13.7. The van der Waals surface area contributed by atoms with Crippen molar-refractivity contribution in [2.24, 2.45) is 0 Å². The minimum Gasteiger partial charge on any atom is -0.377 e. The van der Waals surface area contributed by atoms with Crippen LogP contribution in [0.25, 0.3) is 0 Å². The summed E-state index contributed by atoms with van der Waals surface area (Å²) in [6.45, 7) is 6.91. The van der Waals surface area contributed by atoms with Crippen LogP contribution in [-0.2, 0) is 11.3 Å². The van der Waals surface area contributed by atoms with E-state index in [1.54, 1.807) is 4.68 Å². The number of piperidine rings is 1. The third-order valence-corrected chi connectivity index (χ3v) is 3.90. The largest absolute Gasteiger partial charge is 0.377 e. The van der Waals surface area contributed by atoms with Crippen molar-refractivity contribution in [1.29, 1.82) is 0 Å². The molecule has 0 atom stereocenters. The van der Waals surface area contributed by atoms with Crippen molar-refractivity contribution in [2.45, 2.75) is 39.3 Å². The molecule has 1 saturated heterocycles. The fourth-order valence-electron chi connectivity index (χ4n) is 2.56. The summed E-state index contributed by atoms with van der Waals surface area (Å²) in [4.78, 5) is 14.4. The SMILES string of the molecule is CCn1nc(C)cc1C(=O)N1CCC(OCCBr)CC1. The molecule has 1 aliphatic rings. The molecule has 1 aromatic rings. The summed E-state index contributed by atoms with van der Waals surface area (Å²) in [6.07, 6.45) is 2.12. The van der Waals surface area contributed by atoms with Gasteiger partial charge in [0.05, 0.1) is 18.4 Å². The summed E-state index contributed by atoms with van der Waals surface area (Å²) in [5.41, 5.74) is 1.59. The number of carbonyl (C=O) groups excluding carboxylic acids is 1. The van der Waals surface area contributed by atoms with Crippen LogP contribution in [0.15, 0.2) is 6.07 Å². The van der Waals surface area contributed by atoms with Gasteiger partial charge >= 0.3 is 0 Å². The molecular formula is C14H22BrN3O2. The van der Waals surface area contributed by atoms with Crippen LogP contribution in [0, 0.1) is 6.92 Å². The van der Waals surface area contributed by atoms with Gasteiger partial charge in [0.2, 0.25) is 0 Å². The normalized spacial score (nSPS) is 16.6. The maximum absolute atomic E-state index is 12.5. The molecule has 1 aliphatic heterocycles.